The third kappa shape index (κ3) is 3.07. The zero-order valence-corrected chi connectivity index (χ0v) is 9.36. The van der Waals surface area contributed by atoms with Crippen molar-refractivity contribution in [2.75, 3.05) is 29.9 Å². The summed E-state index contributed by atoms with van der Waals surface area (Å²) in [5, 5.41) is 10.0. The molecule has 1 aromatic carbocycles. The number of nitrogens with one attached hydrogen (secondary N) is 1. The van der Waals surface area contributed by atoms with Crippen LogP contribution in [0.15, 0.2) is 6.07 Å². The van der Waals surface area contributed by atoms with Crippen molar-refractivity contribution < 1.29 is 18.3 Å². The van der Waals surface area contributed by atoms with Crippen molar-refractivity contribution in [1.82, 2.24) is 0 Å². The zero-order chi connectivity index (χ0) is 13.2. The summed E-state index contributed by atoms with van der Waals surface area (Å²) in [4.78, 5) is 0. The van der Waals surface area contributed by atoms with Gasteiger partial charge in [-0.15, -0.1) is 0 Å². The maximum atomic E-state index is 13.5. The second-order valence-corrected chi connectivity index (χ2v) is 3.80. The van der Waals surface area contributed by atoms with Crippen LogP contribution < -0.4 is 16.8 Å². The van der Waals surface area contributed by atoms with Crippen LogP contribution in [-0.4, -0.2) is 24.2 Å². The summed E-state index contributed by atoms with van der Waals surface area (Å²) in [5.74, 6) is -4.38. The van der Waals surface area contributed by atoms with Crippen molar-refractivity contribution in [2.24, 2.45) is 0 Å². The number of halogens is 4. The second-order valence-electron chi connectivity index (χ2n) is 3.43. The third-order valence-electron chi connectivity index (χ3n) is 2.02. The topological polar surface area (TPSA) is 84.3 Å². The molecule has 8 heteroatoms. The summed E-state index contributed by atoms with van der Waals surface area (Å²) in [5.41, 5.74) is 10.2. The van der Waals surface area contributed by atoms with Gasteiger partial charge in [0.25, 0.3) is 5.92 Å². The Hall–Kier alpha value is -1.34. The molecule has 1 rings (SSSR count). The number of nitrogens with two attached hydrogens (primary N) is 2. The number of anilines is 3. The standard InChI is InChI=1S/C9H11ClF3N3O/c10-6-4(14)1-5(15)8(7(6)11)16-2-9(12,13)3-17/h1,16-17H,2-3,14-15H2. The van der Waals surface area contributed by atoms with Gasteiger partial charge in [-0.1, -0.05) is 11.6 Å². The van der Waals surface area contributed by atoms with E-state index in [4.69, 9.17) is 28.2 Å². The molecule has 0 aliphatic rings. The molecule has 17 heavy (non-hydrogen) atoms. The predicted molar refractivity (Wildman–Crippen MR) is 60.8 cm³/mol. The predicted octanol–water partition coefficient (Wildman–Crippen LogP) is 1.68. The average molecular weight is 270 g/mol. The molecule has 0 saturated carbocycles. The number of aliphatic hydroxyl groups excluding tert-OH is 1. The quantitative estimate of drug-likeness (QED) is 0.627. The van der Waals surface area contributed by atoms with E-state index in [0.29, 0.717) is 0 Å². The van der Waals surface area contributed by atoms with E-state index in [1.807, 2.05) is 0 Å². The number of rotatable bonds is 4. The molecular weight excluding hydrogens is 259 g/mol. The monoisotopic (exact) mass is 269 g/mol. The van der Waals surface area contributed by atoms with Gasteiger partial charge in [-0.3, -0.25) is 0 Å². The Bertz CT molecular complexity index is 428. The molecule has 0 aliphatic heterocycles. The van der Waals surface area contributed by atoms with Crippen LogP contribution in [0.4, 0.5) is 30.2 Å². The van der Waals surface area contributed by atoms with Gasteiger partial charge in [-0.05, 0) is 6.07 Å². The molecule has 0 radical (unpaired) electrons. The first-order valence-electron chi connectivity index (χ1n) is 4.54. The van der Waals surface area contributed by atoms with E-state index in [1.165, 1.54) is 0 Å². The van der Waals surface area contributed by atoms with Crippen molar-refractivity contribution in [3.63, 3.8) is 0 Å². The highest BCUT2D eigenvalue weighted by atomic mass is 35.5. The largest absolute Gasteiger partial charge is 0.397 e. The lowest BCUT2D eigenvalue weighted by molar-refractivity contribution is -0.0373. The van der Waals surface area contributed by atoms with Crippen LogP contribution >= 0.6 is 11.6 Å². The van der Waals surface area contributed by atoms with Crippen molar-refractivity contribution in [3.8, 4) is 0 Å². The summed E-state index contributed by atoms with van der Waals surface area (Å²) in [7, 11) is 0. The van der Waals surface area contributed by atoms with Crippen molar-refractivity contribution in [3.05, 3.63) is 16.9 Å². The number of aliphatic hydroxyl groups is 1. The lowest BCUT2D eigenvalue weighted by Gasteiger charge is -2.17. The van der Waals surface area contributed by atoms with Crippen LogP contribution in [0.1, 0.15) is 0 Å². The summed E-state index contributed by atoms with van der Waals surface area (Å²) in [6, 6.07) is 1.16. The Balaban J connectivity index is 2.96. The molecule has 0 heterocycles. The highest BCUT2D eigenvalue weighted by Crippen LogP contribution is 2.34. The van der Waals surface area contributed by atoms with Gasteiger partial charge >= 0.3 is 0 Å². The highest BCUT2D eigenvalue weighted by molar-refractivity contribution is 6.33. The molecule has 0 spiro atoms. The van der Waals surface area contributed by atoms with Crippen molar-refractivity contribution in [2.45, 2.75) is 5.92 Å². The zero-order valence-electron chi connectivity index (χ0n) is 8.61. The number of alkyl halides is 2. The van der Waals surface area contributed by atoms with E-state index < -0.39 is 29.9 Å². The molecular formula is C9H11ClF3N3O. The second kappa shape index (κ2) is 4.89. The fraction of sp³-hybridized carbons (Fsp3) is 0.333. The number of hydrogen-bond donors (Lipinski definition) is 4. The minimum absolute atomic E-state index is 0.0823. The van der Waals surface area contributed by atoms with Gasteiger partial charge in [0.2, 0.25) is 0 Å². The molecule has 4 nitrogen and oxygen atoms in total. The van der Waals surface area contributed by atoms with Crippen LogP contribution in [0.3, 0.4) is 0 Å². The minimum atomic E-state index is -3.38. The number of hydrogen-bond acceptors (Lipinski definition) is 4. The van der Waals surface area contributed by atoms with Gasteiger partial charge in [0.15, 0.2) is 5.82 Å². The van der Waals surface area contributed by atoms with E-state index in [9.17, 15) is 13.2 Å². The first-order valence-corrected chi connectivity index (χ1v) is 4.92. The van der Waals surface area contributed by atoms with Gasteiger partial charge < -0.3 is 21.9 Å². The first kappa shape index (κ1) is 13.7. The van der Waals surface area contributed by atoms with Crippen LogP contribution in [-0.2, 0) is 0 Å². The fourth-order valence-corrected chi connectivity index (χ4v) is 1.27. The van der Waals surface area contributed by atoms with Gasteiger partial charge in [0, 0.05) is 0 Å². The Morgan fingerprint density at radius 2 is 1.94 bits per heavy atom. The van der Waals surface area contributed by atoms with E-state index >= 15 is 0 Å². The van der Waals surface area contributed by atoms with E-state index in [-0.39, 0.29) is 17.1 Å². The maximum absolute atomic E-state index is 13.5. The molecule has 0 aromatic heterocycles. The Kier molecular flexibility index (Phi) is 3.94. The number of benzene rings is 1. The molecule has 0 fully saturated rings. The lowest BCUT2D eigenvalue weighted by Crippen LogP contribution is -2.31. The van der Waals surface area contributed by atoms with E-state index in [2.05, 4.69) is 5.32 Å². The SMILES string of the molecule is Nc1cc(N)c(NCC(F)(F)CO)c(F)c1Cl. The third-order valence-corrected chi connectivity index (χ3v) is 2.40. The van der Waals surface area contributed by atoms with Crippen molar-refractivity contribution >= 4 is 28.7 Å². The lowest BCUT2D eigenvalue weighted by atomic mass is 10.2. The van der Waals surface area contributed by atoms with Gasteiger partial charge in [-0.2, -0.15) is 0 Å². The molecule has 1 aromatic rings. The Morgan fingerprint density at radius 1 is 1.35 bits per heavy atom. The average Bonchev–Trinajstić information content (AvgIpc) is 2.26. The molecule has 0 aliphatic carbocycles. The maximum Gasteiger partial charge on any atom is 0.287 e. The molecule has 0 atom stereocenters. The van der Waals surface area contributed by atoms with Gasteiger partial charge in [0.05, 0.1) is 23.6 Å². The number of nitrogen functional groups attached to an aromatic ring is 2. The molecule has 0 saturated heterocycles. The van der Waals surface area contributed by atoms with Crippen LogP contribution in [0, 0.1) is 5.82 Å². The van der Waals surface area contributed by atoms with Crippen LogP contribution in [0.25, 0.3) is 0 Å². The molecule has 0 unspecified atom stereocenters. The van der Waals surface area contributed by atoms with Gasteiger partial charge in [-0.25, -0.2) is 13.2 Å². The summed E-state index contributed by atoms with van der Waals surface area (Å²) in [6.45, 7) is -2.32. The normalized spacial score (nSPS) is 11.6. The first-order chi connectivity index (χ1) is 7.78. The molecule has 96 valence electrons. The summed E-state index contributed by atoms with van der Waals surface area (Å²) < 4.78 is 39.0. The molecule has 6 N–H and O–H groups in total. The molecule has 0 amide bonds. The minimum Gasteiger partial charge on any atom is -0.397 e. The van der Waals surface area contributed by atoms with Crippen LogP contribution in [0.5, 0.6) is 0 Å². The fourth-order valence-electron chi connectivity index (χ4n) is 1.12. The van der Waals surface area contributed by atoms with Crippen LogP contribution in [0.2, 0.25) is 5.02 Å². The smallest absolute Gasteiger partial charge is 0.287 e. The summed E-state index contributed by atoms with van der Waals surface area (Å²) in [6.07, 6.45) is 0. The van der Waals surface area contributed by atoms with E-state index in [0.717, 1.165) is 6.07 Å². The van der Waals surface area contributed by atoms with Crippen molar-refractivity contribution in [1.29, 1.82) is 0 Å². The molecule has 0 bridgehead atoms. The van der Waals surface area contributed by atoms with Gasteiger partial charge in [0.1, 0.15) is 11.6 Å². The van der Waals surface area contributed by atoms with E-state index in [1.54, 1.807) is 0 Å². The highest BCUT2D eigenvalue weighted by Gasteiger charge is 2.28. The Labute approximate surface area is 100 Å². The Morgan fingerprint density at radius 3 is 2.47 bits per heavy atom. The summed E-state index contributed by atoms with van der Waals surface area (Å²) >= 11 is 5.51.